The van der Waals surface area contributed by atoms with E-state index in [1.807, 2.05) is 48.5 Å². The lowest BCUT2D eigenvalue weighted by atomic mass is 10.1. The van der Waals surface area contributed by atoms with Crippen LogP contribution in [0.3, 0.4) is 0 Å². The molecule has 3 aromatic rings. The molecule has 1 aliphatic heterocycles. The Morgan fingerprint density at radius 1 is 0.893 bits per heavy atom. The predicted octanol–water partition coefficient (Wildman–Crippen LogP) is 4.93. The van der Waals surface area contributed by atoms with Crippen LogP contribution in [0.2, 0.25) is 0 Å². The van der Waals surface area contributed by atoms with Crippen molar-refractivity contribution in [3.63, 3.8) is 0 Å². The number of hydrogen-bond donors (Lipinski definition) is 1. The lowest BCUT2D eigenvalue weighted by molar-refractivity contribution is -0.114. The molecule has 1 amide bonds. The number of rotatable bonds is 4. The molecule has 28 heavy (non-hydrogen) atoms. The van der Waals surface area contributed by atoms with Crippen LogP contribution in [0.1, 0.15) is 0 Å². The molecule has 2 heterocycles. The molecule has 0 saturated heterocycles. The maximum Gasteiger partial charge on any atom is 0.257 e. The average molecular weight is 415 g/mol. The number of alkyl halides is 2. The number of aromatic nitrogens is 1. The smallest absolute Gasteiger partial charge is 0.257 e. The highest BCUT2D eigenvalue weighted by atomic mass is 35.5. The molecule has 1 N–H and O–H groups in total. The first kappa shape index (κ1) is 18.6. The number of amides is 1. The summed E-state index contributed by atoms with van der Waals surface area (Å²) in [5, 5.41) is 2.64. The van der Waals surface area contributed by atoms with Gasteiger partial charge in [0.1, 0.15) is 13.2 Å². The Bertz CT molecular complexity index is 1010. The number of halogens is 2. The van der Waals surface area contributed by atoms with E-state index < -0.39 is 10.7 Å². The summed E-state index contributed by atoms with van der Waals surface area (Å²) in [6, 6.07) is 19.0. The molecule has 0 saturated carbocycles. The third kappa shape index (κ3) is 4.06. The van der Waals surface area contributed by atoms with Gasteiger partial charge < -0.3 is 14.8 Å². The van der Waals surface area contributed by atoms with Crippen LogP contribution in [0, 0.1) is 0 Å². The molecule has 0 radical (unpaired) electrons. The Hall–Kier alpha value is -2.76. The molecule has 1 aromatic heterocycles. The summed E-state index contributed by atoms with van der Waals surface area (Å²) in [5.41, 5.74) is 4.13. The molecule has 142 valence electrons. The Kier molecular flexibility index (Phi) is 5.37. The van der Waals surface area contributed by atoms with Crippen molar-refractivity contribution in [2.24, 2.45) is 0 Å². The van der Waals surface area contributed by atoms with E-state index >= 15 is 0 Å². The first-order chi connectivity index (χ1) is 13.6. The quantitative estimate of drug-likeness (QED) is 0.614. The summed E-state index contributed by atoms with van der Waals surface area (Å²) in [6.07, 6.45) is 0. The Labute approximate surface area is 172 Å². The van der Waals surface area contributed by atoms with Crippen LogP contribution in [0.15, 0.2) is 60.7 Å². The Balaban J connectivity index is 1.58. The van der Waals surface area contributed by atoms with Crippen LogP contribution in [-0.2, 0) is 4.79 Å². The van der Waals surface area contributed by atoms with E-state index in [1.54, 1.807) is 12.1 Å². The second-order valence-corrected chi connectivity index (χ2v) is 7.23. The molecular formula is C21H16Cl2N2O3. The number of anilines is 1. The van der Waals surface area contributed by atoms with Crippen molar-refractivity contribution in [2.75, 3.05) is 18.5 Å². The maximum absolute atomic E-state index is 11.6. The van der Waals surface area contributed by atoms with Gasteiger partial charge >= 0.3 is 0 Å². The molecule has 0 aliphatic carbocycles. The molecule has 7 heteroatoms. The van der Waals surface area contributed by atoms with Gasteiger partial charge in [0, 0.05) is 16.8 Å². The minimum absolute atomic E-state index is 0.463. The highest BCUT2D eigenvalue weighted by Gasteiger charge is 2.14. The van der Waals surface area contributed by atoms with E-state index in [1.165, 1.54) is 0 Å². The first-order valence-corrected chi connectivity index (χ1v) is 9.54. The van der Waals surface area contributed by atoms with E-state index in [0.717, 1.165) is 34.0 Å². The highest BCUT2D eigenvalue weighted by molar-refractivity contribution is 6.54. The van der Waals surface area contributed by atoms with Gasteiger partial charge in [-0.1, -0.05) is 41.4 Å². The summed E-state index contributed by atoms with van der Waals surface area (Å²) >= 11 is 11.1. The summed E-state index contributed by atoms with van der Waals surface area (Å²) in [5.74, 6) is 1.02. The zero-order valence-electron chi connectivity index (χ0n) is 14.7. The summed E-state index contributed by atoms with van der Waals surface area (Å²) < 4.78 is 11.2. The maximum atomic E-state index is 11.6. The number of carbonyl (C=O) groups is 1. The fourth-order valence-electron chi connectivity index (χ4n) is 2.88. The van der Waals surface area contributed by atoms with Crippen molar-refractivity contribution < 1.29 is 14.3 Å². The van der Waals surface area contributed by atoms with Gasteiger partial charge in [-0.25, -0.2) is 4.98 Å². The number of benzene rings is 2. The van der Waals surface area contributed by atoms with E-state index in [0.29, 0.717) is 18.9 Å². The zero-order valence-corrected chi connectivity index (χ0v) is 16.2. The monoisotopic (exact) mass is 414 g/mol. The van der Waals surface area contributed by atoms with Gasteiger partial charge in [0.25, 0.3) is 5.91 Å². The van der Waals surface area contributed by atoms with Crippen LogP contribution in [-0.4, -0.2) is 28.9 Å². The van der Waals surface area contributed by atoms with E-state index in [9.17, 15) is 4.79 Å². The molecule has 0 unspecified atom stereocenters. The number of carbonyl (C=O) groups excluding carboxylic acids is 1. The molecule has 2 aromatic carbocycles. The van der Waals surface area contributed by atoms with Gasteiger partial charge in [-0.15, -0.1) is 0 Å². The van der Waals surface area contributed by atoms with Crippen molar-refractivity contribution >= 4 is 34.8 Å². The van der Waals surface area contributed by atoms with Gasteiger partial charge in [-0.05, 0) is 42.5 Å². The number of fused-ring (bicyclic) bond motifs is 1. The third-order valence-corrected chi connectivity index (χ3v) is 4.63. The topological polar surface area (TPSA) is 60.5 Å². The molecule has 0 atom stereocenters. The number of nitrogens with zero attached hydrogens (tertiary/aromatic N) is 1. The van der Waals surface area contributed by atoms with Crippen LogP contribution >= 0.6 is 23.2 Å². The normalized spacial score (nSPS) is 12.7. The van der Waals surface area contributed by atoms with Gasteiger partial charge in [0.2, 0.25) is 0 Å². The van der Waals surface area contributed by atoms with Crippen LogP contribution in [0.25, 0.3) is 22.5 Å². The molecule has 4 rings (SSSR count). The lowest BCUT2D eigenvalue weighted by Gasteiger charge is -2.18. The third-order valence-electron chi connectivity index (χ3n) is 4.23. The minimum atomic E-state index is -1.11. The van der Waals surface area contributed by atoms with E-state index in [4.69, 9.17) is 37.7 Å². The molecule has 5 nitrogen and oxygen atoms in total. The summed E-state index contributed by atoms with van der Waals surface area (Å²) in [6.45, 7) is 1.11. The van der Waals surface area contributed by atoms with Crippen LogP contribution < -0.4 is 14.8 Å². The molecule has 0 spiro atoms. The standard InChI is InChI=1S/C21H16Cl2N2O3/c22-20(23)21(26)24-15-7-4-13(5-8-15)16-2-1-3-17(25-16)14-6-9-18-19(12-14)28-11-10-27-18/h1-9,12,20H,10-11H2,(H,24,26). The van der Waals surface area contributed by atoms with Crippen molar-refractivity contribution in [1.82, 2.24) is 4.98 Å². The second kappa shape index (κ2) is 8.09. The fourth-order valence-corrected chi connectivity index (χ4v) is 2.99. The molecule has 1 aliphatic rings. The van der Waals surface area contributed by atoms with E-state index in [-0.39, 0.29) is 0 Å². The van der Waals surface area contributed by atoms with Gasteiger partial charge in [0.15, 0.2) is 16.3 Å². The Morgan fingerprint density at radius 3 is 2.25 bits per heavy atom. The van der Waals surface area contributed by atoms with Crippen molar-refractivity contribution in [1.29, 1.82) is 0 Å². The molecule has 0 bridgehead atoms. The van der Waals surface area contributed by atoms with E-state index in [2.05, 4.69) is 5.32 Å². The predicted molar refractivity (Wildman–Crippen MR) is 110 cm³/mol. The van der Waals surface area contributed by atoms with Crippen LogP contribution in [0.4, 0.5) is 5.69 Å². The summed E-state index contributed by atoms with van der Waals surface area (Å²) in [7, 11) is 0. The van der Waals surface area contributed by atoms with Crippen molar-refractivity contribution in [2.45, 2.75) is 4.84 Å². The van der Waals surface area contributed by atoms with Crippen molar-refractivity contribution in [3.8, 4) is 34.0 Å². The minimum Gasteiger partial charge on any atom is -0.486 e. The summed E-state index contributed by atoms with van der Waals surface area (Å²) in [4.78, 5) is 15.2. The fraction of sp³-hybridized carbons (Fsp3) is 0.143. The largest absolute Gasteiger partial charge is 0.486 e. The van der Waals surface area contributed by atoms with Gasteiger partial charge in [0.05, 0.1) is 11.4 Å². The average Bonchev–Trinajstić information content (AvgIpc) is 2.74. The van der Waals surface area contributed by atoms with Gasteiger partial charge in [-0.2, -0.15) is 0 Å². The number of ether oxygens (including phenoxy) is 2. The molecular weight excluding hydrogens is 399 g/mol. The zero-order chi connectivity index (χ0) is 19.5. The molecule has 0 fully saturated rings. The SMILES string of the molecule is O=C(Nc1ccc(-c2cccc(-c3ccc4c(c3)OCCO4)n2)cc1)C(Cl)Cl. The number of hydrogen-bond acceptors (Lipinski definition) is 4. The second-order valence-electron chi connectivity index (χ2n) is 6.13. The number of nitrogens with one attached hydrogen (secondary N) is 1. The Morgan fingerprint density at radius 2 is 1.54 bits per heavy atom. The lowest BCUT2D eigenvalue weighted by Crippen LogP contribution is -2.18. The highest BCUT2D eigenvalue weighted by Crippen LogP contribution is 2.34. The van der Waals surface area contributed by atoms with Gasteiger partial charge in [-0.3, -0.25) is 4.79 Å². The number of pyridine rings is 1. The van der Waals surface area contributed by atoms with Crippen molar-refractivity contribution in [3.05, 3.63) is 60.7 Å². The first-order valence-electron chi connectivity index (χ1n) is 8.67. The van der Waals surface area contributed by atoms with Crippen LogP contribution in [0.5, 0.6) is 11.5 Å².